The van der Waals surface area contributed by atoms with E-state index in [1.807, 2.05) is 6.92 Å². The third kappa shape index (κ3) is 2.82. The van der Waals surface area contributed by atoms with Gasteiger partial charge >= 0.3 is 0 Å². The number of carbonyl (C=O) groups excluding carboxylic acids is 1. The minimum atomic E-state index is -0.245. The summed E-state index contributed by atoms with van der Waals surface area (Å²) < 4.78 is 13.1. The number of hydrogen-bond donors (Lipinski definition) is 1. The molecule has 0 aromatic heterocycles. The molecule has 0 spiro atoms. The van der Waals surface area contributed by atoms with E-state index in [1.165, 1.54) is 12.1 Å². The Morgan fingerprint density at radius 3 is 2.94 bits per heavy atom. The van der Waals surface area contributed by atoms with Gasteiger partial charge in [0.1, 0.15) is 5.82 Å². The van der Waals surface area contributed by atoms with E-state index in [-0.39, 0.29) is 30.0 Å². The molecule has 1 aliphatic heterocycles. The average molecular weight is 273 g/mol. The van der Waals surface area contributed by atoms with Gasteiger partial charge in [0.05, 0.1) is 0 Å². The van der Waals surface area contributed by atoms with Crippen LogP contribution in [0.2, 0.25) is 0 Å². The molecule has 0 aliphatic carbocycles. The molecule has 1 aromatic rings. The molecule has 3 nitrogen and oxygen atoms in total. The molecule has 2 rings (SSSR count). The van der Waals surface area contributed by atoms with Crippen LogP contribution < -0.4 is 10.6 Å². The van der Waals surface area contributed by atoms with Gasteiger partial charge in [-0.1, -0.05) is 6.92 Å². The number of anilines is 1. The van der Waals surface area contributed by atoms with E-state index < -0.39 is 0 Å². The van der Waals surface area contributed by atoms with Gasteiger partial charge in [-0.15, -0.1) is 12.4 Å². The Bertz CT molecular complexity index is 439. The molecule has 0 saturated carbocycles. The number of benzene rings is 1. The number of aryl methyl sites for hydroxylation is 1. The highest BCUT2D eigenvalue weighted by atomic mass is 35.5. The van der Waals surface area contributed by atoms with Crippen LogP contribution in [0.4, 0.5) is 10.1 Å². The van der Waals surface area contributed by atoms with Crippen LogP contribution in [0, 0.1) is 11.7 Å². The molecule has 2 N–H and O–H groups in total. The first-order chi connectivity index (χ1) is 8.13. The third-order valence-corrected chi connectivity index (χ3v) is 3.20. The van der Waals surface area contributed by atoms with Crippen LogP contribution in [-0.4, -0.2) is 19.0 Å². The second-order valence-electron chi connectivity index (χ2n) is 4.50. The number of nitrogens with zero attached hydrogens (tertiary/aromatic N) is 1. The van der Waals surface area contributed by atoms with Crippen LogP contribution in [0.1, 0.15) is 18.9 Å². The normalized spacial score (nSPS) is 15.6. The minimum absolute atomic E-state index is 0. The van der Waals surface area contributed by atoms with Crippen LogP contribution >= 0.6 is 12.4 Å². The first-order valence-corrected chi connectivity index (χ1v) is 5.93. The molecule has 0 fully saturated rings. The Kier molecular flexibility index (Phi) is 5.11. The lowest BCUT2D eigenvalue weighted by molar-refractivity contribution is -0.121. The van der Waals surface area contributed by atoms with Crippen LogP contribution in [0.15, 0.2) is 18.2 Å². The predicted octanol–water partition coefficient (Wildman–Crippen LogP) is 2.12. The molecule has 1 aromatic carbocycles. The quantitative estimate of drug-likeness (QED) is 0.896. The van der Waals surface area contributed by atoms with E-state index in [0.29, 0.717) is 13.1 Å². The van der Waals surface area contributed by atoms with Crippen molar-refractivity contribution in [3.63, 3.8) is 0 Å². The van der Waals surface area contributed by atoms with Crippen LogP contribution in [0.25, 0.3) is 0 Å². The van der Waals surface area contributed by atoms with Gasteiger partial charge in [0.2, 0.25) is 5.91 Å². The molecule has 1 aliphatic rings. The summed E-state index contributed by atoms with van der Waals surface area (Å²) in [6.07, 6.45) is 1.70. The van der Waals surface area contributed by atoms with E-state index in [1.54, 1.807) is 11.0 Å². The zero-order chi connectivity index (χ0) is 12.4. The summed E-state index contributed by atoms with van der Waals surface area (Å²) in [7, 11) is 0. The maximum Gasteiger partial charge on any atom is 0.231 e. The highest BCUT2D eigenvalue weighted by Crippen LogP contribution is 2.28. The fourth-order valence-electron chi connectivity index (χ4n) is 2.16. The maximum absolute atomic E-state index is 13.1. The monoisotopic (exact) mass is 272 g/mol. The summed E-state index contributed by atoms with van der Waals surface area (Å²) in [5, 5.41) is 0. The van der Waals surface area contributed by atoms with Gasteiger partial charge in [-0.3, -0.25) is 4.79 Å². The van der Waals surface area contributed by atoms with Gasteiger partial charge < -0.3 is 10.6 Å². The largest absolute Gasteiger partial charge is 0.330 e. The molecular weight excluding hydrogens is 255 g/mol. The first kappa shape index (κ1) is 14.9. The zero-order valence-corrected chi connectivity index (χ0v) is 11.2. The van der Waals surface area contributed by atoms with Crippen molar-refractivity contribution in [1.29, 1.82) is 0 Å². The van der Waals surface area contributed by atoms with Crippen molar-refractivity contribution >= 4 is 24.0 Å². The minimum Gasteiger partial charge on any atom is -0.330 e. The second-order valence-corrected chi connectivity index (χ2v) is 4.50. The van der Waals surface area contributed by atoms with E-state index in [9.17, 15) is 9.18 Å². The lowest BCUT2D eigenvalue weighted by Gasteiger charge is -2.31. The Morgan fingerprint density at radius 2 is 2.28 bits per heavy atom. The van der Waals surface area contributed by atoms with Gasteiger partial charge in [0, 0.05) is 24.7 Å². The SMILES string of the molecule is CC(CN)C(=O)N1CCCc2cc(F)ccc21.Cl. The highest BCUT2D eigenvalue weighted by Gasteiger charge is 2.25. The number of carbonyl (C=O) groups is 1. The van der Waals surface area contributed by atoms with E-state index in [0.717, 1.165) is 24.1 Å². The Morgan fingerprint density at radius 1 is 1.56 bits per heavy atom. The molecule has 1 amide bonds. The molecule has 0 saturated heterocycles. The zero-order valence-electron chi connectivity index (χ0n) is 10.4. The summed E-state index contributed by atoms with van der Waals surface area (Å²) in [4.78, 5) is 13.9. The van der Waals surface area contributed by atoms with Crippen molar-refractivity contribution in [2.75, 3.05) is 18.0 Å². The van der Waals surface area contributed by atoms with Gasteiger partial charge in [0.15, 0.2) is 0 Å². The lowest BCUT2D eigenvalue weighted by atomic mass is 9.99. The molecule has 1 atom stereocenters. The predicted molar refractivity (Wildman–Crippen MR) is 72.5 cm³/mol. The van der Waals surface area contributed by atoms with Crippen LogP contribution in [0.3, 0.4) is 0 Å². The average Bonchev–Trinajstić information content (AvgIpc) is 2.35. The topological polar surface area (TPSA) is 46.3 Å². The van der Waals surface area contributed by atoms with Crippen molar-refractivity contribution in [2.45, 2.75) is 19.8 Å². The number of nitrogens with two attached hydrogens (primary N) is 1. The van der Waals surface area contributed by atoms with Crippen LogP contribution in [-0.2, 0) is 11.2 Å². The van der Waals surface area contributed by atoms with Crippen molar-refractivity contribution in [3.8, 4) is 0 Å². The molecule has 0 bridgehead atoms. The van der Waals surface area contributed by atoms with Crippen molar-refractivity contribution in [2.24, 2.45) is 11.7 Å². The van der Waals surface area contributed by atoms with Crippen molar-refractivity contribution in [1.82, 2.24) is 0 Å². The first-order valence-electron chi connectivity index (χ1n) is 5.93. The smallest absolute Gasteiger partial charge is 0.231 e. The molecule has 5 heteroatoms. The Labute approximate surface area is 113 Å². The Balaban J connectivity index is 0.00000162. The van der Waals surface area contributed by atoms with Gasteiger partial charge in [-0.2, -0.15) is 0 Å². The molecular formula is C13H18ClFN2O. The lowest BCUT2D eigenvalue weighted by Crippen LogP contribution is -2.41. The summed E-state index contributed by atoms with van der Waals surface area (Å²) in [6.45, 7) is 2.85. The Hall–Kier alpha value is -1.13. The fourth-order valence-corrected chi connectivity index (χ4v) is 2.16. The van der Waals surface area contributed by atoms with Gasteiger partial charge in [-0.25, -0.2) is 4.39 Å². The van der Waals surface area contributed by atoms with Crippen LogP contribution in [0.5, 0.6) is 0 Å². The standard InChI is InChI=1S/C13H17FN2O.ClH/c1-9(8-15)13(17)16-6-2-3-10-7-11(14)4-5-12(10)16;/h4-5,7,9H,2-3,6,8,15H2,1H3;1H. The number of hydrogen-bond acceptors (Lipinski definition) is 2. The summed E-state index contributed by atoms with van der Waals surface area (Å²) >= 11 is 0. The van der Waals surface area contributed by atoms with Crippen molar-refractivity contribution in [3.05, 3.63) is 29.6 Å². The van der Waals surface area contributed by atoms with E-state index >= 15 is 0 Å². The van der Waals surface area contributed by atoms with Crippen molar-refractivity contribution < 1.29 is 9.18 Å². The molecule has 18 heavy (non-hydrogen) atoms. The molecule has 0 radical (unpaired) electrons. The second kappa shape index (κ2) is 6.16. The van der Waals surface area contributed by atoms with E-state index in [2.05, 4.69) is 0 Å². The van der Waals surface area contributed by atoms with E-state index in [4.69, 9.17) is 5.73 Å². The molecule has 100 valence electrons. The number of amides is 1. The third-order valence-electron chi connectivity index (χ3n) is 3.20. The number of fused-ring (bicyclic) bond motifs is 1. The molecule has 1 heterocycles. The summed E-state index contributed by atoms with van der Waals surface area (Å²) in [5.41, 5.74) is 7.26. The molecule has 1 unspecified atom stereocenters. The highest BCUT2D eigenvalue weighted by molar-refractivity contribution is 5.96. The summed E-state index contributed by atoms with van der Waals surface area (Å²) in [6, 6.07) is 4.60. The number of halogens is 2. The number of rotatable bonds is 2. The van der Waals surface area contributed by atoms with Gasteiger partial charge in [0.25, 0.3) is 0 Å². The maximum atomic E-state index is 13.1. The van der Waals surface area contributed by atoms with Gasteiger partial charge in [-0.05, 0) is 36.6 Å². The summed E-state index contributed by atoms with van der Waals surface area (Å²) in [5.74, 6) is -0.406. The fraction of sp³-hybridized carbons (Fsp3) is 0.462.